The van der Waals surface area contributed by atoms with Crippen LogP contribution >= 0.6 is 0 Å². The van der Waals surface area contributed by atoms with Gasteiger partial charge in [-0.3, -0.25) is 0 Å². The molecular weight excluding hydrogens is 226 g/mol. The predicted octanol–water partition coefficient (Wildman–Crippen LogP) is 1.20. The van der Waals surface area contributed by atoms with Crippen LogP contribution in [0, 0.1) is 5.92 Å². The minimum absolute atomic E-state index is 0.0665. The van der Waals surface area contributed by atoms with Gasteiger partial charge in [-0.05, 0) is 18.8 Å². The normalized spacial score (nSPS) is 14.3. The molecule has 1 atom stereocenters. The third kappa shape index (κ3) is 9.12. The molecule has 0 aliphatic heterocycles. The van der Waals surface area contributed by atoms with E-state index in [1.54, 1.807) is 0 Å². The molecule has 0 radical (unpaired) electrons. The van der Waals surface area contributed by atoms with Crippen molar-refractivity contribution < 1.29 is 13.2 Å². The summed E-state index contributed by atoms with van der Waals surface area (Å²) < 4.78 is 28.3. The molecular formula is C11H25NO3S. The van der Waals surface area contributed by atoms with Crippen LogP contribution in [0.3, 0.4) is 0 Å². The molecule has 0 heterocycles. The third-order valence-corrected chi connectivity index (χ3v) is 4.10. The Balaban J connectivity index is 3.67. The van der Waals surface area contributed by atoms with Crippen LogP contribution in [0.5, 0.6) is 0 Å². The Morgan fingerprint density at radius 3 is 2.38 bits per heavy atom. The van der Waals surface area contributed by atoms with Gasteiger partial charge in [0.15, 0.2) is 9.84 Å². The van der Waals surface area contributed by atoms with E-state index in [0.29, 0.717) is 18.9 Å². The summed E-state index contributed by atoms with van der Waals surface area (Å²) in [7, 11) is -3.04. The first-order chi connectivity index (χ1) is 7.37. The fraction of sp³-hybridized carbons (Fsp3) is 1.00. The molecule has 0 bridgehead atoms. The lowest BCUT2D eigenvalue weighted by Gasteiger charge is -2.10. The van der Waals surface area contributed by atoms with Crippen molar-refractivity contribution in [3.05, 3.63) is 0 Å². The molecule has 0 aromatic carbocycles. The monoisotopic (exact) mass is 251 g/mol. The molecule has 0 amide bonds. The Kier molecular flexibility index (Phi) is 7.97. The SMILES string of the molecule is CCC(N)CS(=O)(=O)CCOCCC(C)C. The van der Waals surface area contributed by atoms with Gasteiger partial charge in [-0.2, -0.15) is 0 Å². The fourth-order valence-corrected chi connectivity index (χ4v) is 2.56. The third-order valence-electron chi connectivity index (χ3n) is 2.37. The average Bonchev–Trinajstić information content (AvgIpc) is 2.15. The van der Waals surface area contributed by atoms with E-state index in [0.717, 1.165) is 6.42 Å². The van der Waals surface area contributed by atoms with E-state index >= 15 is 0 Å². The Hall–Kier alpha value is -0.130. The zero-order valence-electron chi connectivity index (χ0n) is 10.6. The maximum absolute atomic E-state index is 11.5. The molecule has 0 aliphatic carbocycles. The van der Waals surface area contributed by atoms with Crippen LogP contribution in [0.25, 0.3) is 0 Å². The van der Waals surface area contributed by atoms with Gasteiger partial charge in [0.2, 0.25) is 0 Å². The quantitative estimate of drug-likeness (QED) is 0.625. The molecule has 0 saturated heterocycles. The summed E-state index contributed by atoms with van der Waals surface area (Å²) in [6.07, 6.45) is 1.65. The van der Waals surface area contributed by atoms with Crippen molar-refractivity contribution >= 4 is 9.84 Å². The summed E-state index contributed by atoms with van der Waals surface area (Å²) in [5.74, 6) is 0.737. The van der Waals surface area contributed by atoms with Crippen LogP contribution < -0.4 is 5.73 Å². The molecule has 98 valence electrons. The first kappa shape index (κ1) is 15.9. The topological polar surface area (TPSA) is 69.4 Å². The van der Waals surface area contributed by atoms with Gasteiger partial charge in [0, 0.05) is 12.6 Å². The zero-order valence-corrected chi connectivity index (χ0v) is 11.4. The lowest BCUT2D eigenvalue weighted by atomic mass is 10.1. The summed E-state index contributed by atoms with van der Waals surface area (Å²) >= 11 is 0. The van der Waals surface area contributed by atoms with E-state index in [9.17, 15) is 8.42 Å². The van der Waals surface area contributed by atoms with Gasteiger partial charge in [-0.1, -0.05) is 20.8 Å². The molecule has 0 rings (SSSR count). The molecule has 0 aromatic heterocycles. The molecule has 0 aliphatic rings. The summed E-state index contributed by atoms with van der Waals surface area (Å²) in [5, 5.41) is 0. The van der Waals surface area contributed by atoms with Crippen molar-refractivity contribution in [2.45, 2.75) is 39.7 Å². The maximum Gasteiger partial charge on any atom is 0.154 e. The Morgan fingerprint density at radius 1 is 1.25 bits per heavy atom. The molecule has 0 spiro atoms. The molecule has 0 saturated carbocycles. The summed E-state index contributed by atoms with van der Waals surface area (Å²) in [5.41, 5.74) is 5.61. The largest absolute Gasteiger partial charge is 0.380 e. The highest BCUT2D eigenvalue weighted by atomic mass is 32.2. The van der Waals surface area contributed by atoms with Crippen molar-refractivity contribution in [1.82, 2.24) is 0 Å². The average molecular weight is 251 g/mol. The number of rotatable bonds is 9. The van der Waals surface area contributed by atoms with Crippen LogP contribution in [-0.2, 0) is 14.6 Å². The van der Waals surface area contributed by atoms with E-state index in [2.05, 4.69) is 13.8 Å². The minimum Gasteiger partial charge on any atom is -0.380 e. The highest BCUT2D eigenvalue weighted by molar-refractivity contribution is 7.91. The second-order valence-electron chi connectivity index (χ2n) is 4.58. The molecule has 16 heavy (non-hydrogen) atoms. The van der Waals surface area contributed by atoms with Crippen molar-refractivity contribution in [1.29, 1.82) is 0 Å². The molecule has 2 N–H and O–H groups in total. The van der Waals surface area contributed by atoms with Gasteiger partial charge in [0.05, 0.1) is 18.1 Å². The van der Waals surface area contributed by atoms with Crippen LogP contribution in [0.2, 0.25) is 0 Å². The molecule has 0 aromatic rings. The Morgan fingerprint density at radius 2 is 1.88 bits per heavy atom. The van der Waals surface area contributed by atoms with Crippen molar-refractivity contribution in [3.63, 3.8) is 0 Å². The van der Waals surface area contributed by atoms with Crippen LogP contribution in [0.4, 0.5) is 0 Å². The summed E-state index contributed by atoms with van der Waals surface area (Å²) in [6.45, 7) is 7.03. The van der Waals surface area contributed by atoms with E-state index in [1.165, 1.54) is 0 Å². The van der Waals surface area contributed by atoms with Gasteiger partial charge in [0.1, 0.15) is 0 Å². The van der Waals surface area contributed by atoms with Gasteiger partial charge in [0.25, 0.3) is 0 Å². The molecule has 1 unspecified atom stereocenters. The van der Waals surface area contributed by atoms with Crippen LogP contribution in [-0.4, -0.2) is 39.2 Å². The fourth-order valence-electron chi connectivity index (χ4n) is 1.13. The van der Waals surface area contributed by atoms with E-state index in [4.69, 9.17) is 10.5 Å². The predicted molar refractivity (Wildman–Crippen MR) is 67.2 cm³/mol. The lowest BCUT2D eigenvalue weighted by Crippen LogP contribution is -2.31. The van der Waals surface area contributed by atoms with Gasteiger partial charge < -0.3 is 10.5 Å². The van der Waals surface area contributed by atoms with Crippen molar-refractivity contribution in [3.8, 4) is 0 Å². The lowest BCUT2D eigenvalue weighted by molar-refractivity contribution is 0.137. The van der Waals surface area contributed by atoms with Crippen molar-refractivity contribution in [2.75, 3.05) is 24.7 Å². The van der Waals surface area contributed by atoms with Crippen LogP contribution in [0.1, 0.15) is 33.6 Å². The maximum atomic E-state index is 11.5. The number of hydrogen-bond donors (Lipinski definition) is 1. The standard InChI is InChI=1S/C11H25NO3S/c1-4-11(12)9-16(13,14)8-7-15-6-5-10(2)3/h10-11H,4-9,12H2,1-3H3. The van der Waals surface area contributed by atoms with E-state index in [1.807, 2.05) is 6.92 Å². The van der Waals surface area contributed by atoms with E-state index < -0.39 is 9.84 Å². The summed E-state index contributed by atoms with van der Waals surface area (Å²) in [4.78, 5) is 0. The van der Waals surface area contributed by atoms with Gasteiger partial charge >= 0.3 is 0 Å². The first-order valence-electron chi connectivity index (χ1n) is 5.91. The number of ether oxygens (including phenoxy) is 1. The van der Waals surface area contributed by atoms with Gasteiger partial charge in [-0.25, -0.2) is 8.42 Å². The molecule has 4 nitrogen and oxygen atoms in total. The Labute approximate surface area is 99.5 Å². The highest BCUT2D eigenvalue weighted by Crippen LogP contribution is 2.00. The first-order valence-corrected chi connectivity index (χ1v) is 7.73. The smallest absolute Gasteiger partial charge is 0.154 e. The minimum atomic E-state index is -3.04. The summed E-state index contributed by atoms with van der Waals surface area (Å²) in [6, 6.07) is -0.249. The second kappa shape index (κ2) is 8.03. The number of sulfone groups is 1. The second-order valence-corrected chi connectivity index (χ2v) is 6.81. The number of nitrogens with two attached hydrogens (primary N) is 1. The van der Waals surface area contributed by atoms with Gasteiger partial charge in [-0.15, -0.1) is 0 Å². The van der Waals surface area contributed by atoms with E-state index in [-0.39, 0.29) is 24.2 Å². The molecule has 5 heteroatoms. The Bertz CT molecular complexity index is 262. The highest BCUT2D eigenvalue weighted by Gasteiger charge is 2.14. The number of hydrogen-bond acceptors (Lipinski definition) is 4. The van der Waals surface area contributed by atoms with Crippen molar-refractivity contribution in [2.24, 2.45) is 11.7 Å². The zero-order chi connectivity index (χ0) is 12.6. The van der Waals surface area contributed by atoms with Crippen LogP contribution in [0.15, 0.2) is 0 Å². The molecule has 0 fully saturated rings.